The first-order chi connectivity index (χ1) is 14.3. The van der Waals surface area contributed by atoms with E-state index >= 15 is 0 Å². The van der Waals surface area contributed by atoms with Gasteiger partial charge in [0.2, 0.25) is 6.73 Å². The molecule has 29 heavy (non-hydrogen) atoms. The molecule has 5 rings (SSSR count). The Hall–Kier alpha value is -3.37. The lowest BCUT2D eigenvalue weighted by Crippen LogP contribution is -3.12. The Balaban J connectivity index is 1.51. The summed E-state index contributed by atoms with van der Waals surface area (Å²) in [6.07, 6.45) is 0.985. The lowest BCUT2D eigenvalue weighted by atomic mass is 9.99. The molecule has 4 nitrogen and oxygen atoms in total. The van der Waals surface area contributed by atoms with Crippen molar-refractivity contribution in [3.8, 4) is 16.9 Å². The quantitative estimate of drug-likeness (QED) is 0.548. The van der Waals surface area contributed by atoms with Crippen LogP contribution in [-0.2, 0) is 13.0 Å². The fraction of sp³-hybridized carbons (Fsp3) is 0.160. The molecule has 0 spiro atoms. The number of hydrogen-bond donors (Lipinski definition) is 1. The molecule has 144 valence electrons. The minimum Gasteiger partial charge on any atom is -0.445 e. The molecule has 1 aliphatic rings. The van der Waals surface area contributed by atoms with E-state index in [-0.39, 0.29) is 5.63 Å². The van der Waals surface area contributed by atoms with Gasteiger partial charge in [0.25, 0.3) is 0 Å². The van der Waals surface area contributed by atoms with Gasteiger partial charge < -0.3 is 9.15 Å². The summed E-state index contributed by atoms with van der Waals surface area (Å²) in [5, 5.41) is 0.947. The monoisotopic (exact) mass is 384 g/mol. The Morgan fingerprint density at radius 1 is 0.897 bits per heavy atom. The summed E-state index contributed by atoms with van der Waals surface area (Å²) in [4.78, 5) is 13.7. The molecule has 0 saturated heterocycles. The molecular formula is C25H22NO3+. The number of quaternary nitrogens is 1. The van der Waals surface area contributed by atoms with Gasteiger partial charge in [-0.05, 0) is 28.8 Å². The van der Waals surface area contributed by atoms with Crippen LogP contribution in [0.4, 0.5) is 0 Å². The zero-order chi connectivity index (χ0) is 19.6. The predicted molar refractivity (Wildman–Crippen MR) is 113 cm³/mol. The van der Waals surface area contributed by atoms with Crippen molar-refractivity contribution >= 4 is 11.0 Å². The van der Waals surface area contributed by atoms with Crippen molar-refractivity contribution in [3.05, 3.63) is 100 Å². The van der Waals surface area contributed by atoms with Crippen LogP contribution in [0.3, 0.4) is 0 Å². The third kappa shape index (κ3) is 3.55. The predicted octanol–water partition coefficient (Wildman–Crippen LogP) is 3.44. The van der Waals surface area contributed by atoms with Crippen LogP contribution in [0.15, 0.2) is 88.1 Å². The molecule has 0 radical (unpaired) electrons. The minimum absolute atomic E-state index is 0.332. The molecule has 1 aliphatic heterocycles. The number of ether oxygens (including phenoxy) is 1. The van der Waals surface area contributed by atoms with Gasteiger partial charge in [0.15, 0.2) is 5.58 Å². The molecule has 0 amide bonds. The maximum absolute atomic E-state index is 12.3. The Labute approximate surface area is 169 Å². The summed E-state index contributed by atoms with van der Waals surface area (Å²) in [5.74, 6) is 0.814. The van der Waals surface area contributed by atoms with Gasteiger partial charge in [-0.3, -0.25) is 4.90 Å². The van der Waals surface area contributed by atoms with Crippen LogP contribution < -0.4 is 15.3 Å². The van der Waals surface area contributed by atoms with E-state index < -0.39 is 0 Å². The van der Waals surface area contributed by atoms with Crippen LogP contribution in [0.5, 0.6) is 5.75 Å². The van der Waals surface area contributed by atoms with E-state index in [2.05, 4.69) is 24.3 Å². The van der Waals surface area contributed by atoms with Crippen molar-refractivity contribution in [2.75, 3.05) is 13.3 Å². The van der Waals surface area contributed by atoms with E-state index in [9.17, 15) is 4.79 Å². The average molecular weight is 384 g/mol. The van der Waals surface area contributed by atoms with E-state index in [0.29, 0.717) is 12.3 Å². The van der Waals surface area contributed by atoms with Gasteiger partial charge in [0.05, 0.1) is 12.1 Å². The molecule has 1 N–H and O–H groups in total. The first-order valence-corrected chi connectivity index (χ1v) is 9.93. The van der Waals surface area contributed by atoms with Gasteiger partial charge in [0, 0.05) is 17.9 Å². The summed E-state index contributed by atoms with van der Waals surface area (Å²) >= 11 is 0. The summed E-state index contributed by atoms with van der Waals surface area (Å²) in [5.41, 5.74) is 4.52. The smallest absolute Gasteiger partial charge is 0.336 e. The van der Waals surface area contributed by atoms with E-state index in [1.807, 2.05) is 48.5 Å². The van der Waals surface area contributed by atoms with Crippen LogP contribution >= 0.6 is 0 Å². The Morgan fingerprint density at radius 3 is 2.45 bits per heavy atom. The van der Waals surface area contributed by atoms with Crippen molar-refractivity contribution in [3.63, 3.8) is 0 Å². The van der Waals surface area contributed by atoms with E-state index in [1.165, 1.54) is 10.5 Å². The number of hydrogen-bond acceptors (Lipinski definition) is 3. The van der Waals surface area contributed by atoms with Crippen LogP contribution in [-0.4, -0.2) is 13.3 Å². The molecule has 0 bridgehead atoms. The van der Waals surface area contributed by atoms with Gasteiger partial charge >= 0.3 is 5.63 Å². The summed E-state index contributed by atoms with van der Waals surface area (Å²) in [6, 6.07) is 26.0. The van der Waals surface area contributed by atoms with Crippen molar-refractivity contribution in [1.82, 2.24) is 0 Å². The molecule has 2 heterocycles. The van der Waals surface area contributed by atoms with Gasteiger partial charge in [0.1, 0.15) is 12.3 Å². The second-order valence-electron chi connectivity index (χ2n) is 7.47. The van der Waals surface area contributed by atoms with E-state index in [1.54, 1.807) is 6.07 Å². The highest BCUT2D eigenvalue weighted by Crippen LogP contribution is 2.33. The summed E-state index contributed by atoms with van der Waals surface area (Å²) < 4.78 is 11.7. The average Bonchev–Trinajstić information content (AvgIpc) is 2.78. The fourth-order valence-corrected chi connectivity index (χ4v) is 4.03. The molecular weight excluding hydrogens is 362 g/mol. The zero-order valence-corrected chi connectivity index (χ0v) is 16.1. The molecule has 3 aromatic carbocycles. The standard InChI is InChI=1S/C25H21NO3/c27-24-15-21(19-9-5-2-6-10-19)20-11-12-23-22(25(20)29-24)16-26(17-28-23)14-13-18-7-3-1-4-8-18/h1-12,15H,13-14,16-17H2/p+1. The third-order valence-electron chi connectivity index (χ3n) is 5.53. The lowest BCUT2D eigenvalue weighted by molar-refractivity contribution is -0.932. The van der Waals surface area contributed by atoms with Crippen LogP contribution in [0.1, 0.15) is 11.1 Å². The molecule has 4 aromatic rings. The van der Waals surface area contributed by atoms with E-state index in [4.69, 9.17) is 9.15 Å². The number of rotatable bonds is 4. The number of fused-ring (bicyclic) bond motifs is 3. The van der Waals surface area contributed by atoms with Crippen molar-refractivity contribution < 1.29 is 14.1 Å². The molecule has 0 fully saturated rings. The lowest BCUT2D eigenvalue weighted by Gasteiger charge is -2.26. The normalized spacial score (nSPS) is 15.7. The van der Waals surface area contributed by atoms with Crippen molar-refractivity contribution in [2.45, 2.75) is 13.0 Å². The van der Waals surface area contributed by atoms with Gasteiger partial charge in [-0.2, -0.15) is 0 Å². The largest absolute Gasteiger partial charge is 0.445 e. The maximum Gasteiger partial charge on any atom is 0.336 e. The van der Waals surface area contributed by atoms with Crippen LogP contribution in [0.2, 0.25) is 0 Å². The zero-order valence-electron chi connectivity index (χ0n) is 16.1. The first-order valence-electron chi connectivity index (χ1n) is 9.93. The topological polar surface area (TPSA) is 43.9 Å². The van der Waals surface area contributed by atoms with Gasteiger partial charge in [-0.25, -0.2) is 4.79 Å². The molecule has 1 unspecified atom stereocenters. The van der Waals surface area contributed by atoms with Crippen LogP contribution in [0.25, 0.3) is 22.1 Å². The van der Waals surface area contributed by atoms with Crippen molar-refractivity contribution in [1.29, 1.82) is 0 Å². The number of benzene rings is 3. The summed E-state index contributed by atoms with van der Waals surface area (Å²) in [7, 11) is 0. The molecule has 0 aliphatic carbocycles. The highest BCUT2D eigenvalue weighted by molar-refractivity contribution is 5.95. The fourth-order valence-electron chi connectivity index (χ4n) is 4.03. The number of nitrogens with one attached hydrogen (secondary N) is 1. The SMILES string of the molecule is O=c1cc(-c2ccccc2)c2ccc3c(c2o1)C[NH+](CCc1ccccc1)CO3. The highest BCUT2D eigenvalue weighted by Gasteiger charge is 2.25. The molecule has 1 aromatic heterocycles. The van der Waals surface area contributed by atoms with Gasteiger partial charge in [-0.1, -0.05) is 60.7 Å². The second-order valence-corrected chi connectivity index (χ2v) is 7.47. The maximum atomic E-state index is 12.3. The first kappa shape index (κ1) is 17.7. The van der Waals surface area contributed by atoms with Crippen molar-refractivity contribution in [2.24, 2.45) is 0 Å². The van der Waals surface area contributed by atoms with E-state index in [0.717, 1.165) is 47.3 Å². The van der Waals surface area contributed by atoms with Crippen LogP contribution in [0, 0.1) is 0 Å². The third-order valence-corrected chi connectivity index (χ3v) is 5.53. The Kier molecular flexibility index (Phi) is 4.62. The summed E-state index contributed by atoms with van der Waals surface area (Å²) in [6.45, 7) is 2.36. The molecule has 1 atom stereocenters. The second kappa shape index (κ2) is 7.57. The Morgan fingerprint density at radius 2 is 1.66 bits per heavy atom. The van der Waals surface area contributed by atoms with Gasteiger partial charge in [-0.15, -0.1) is 0 Å². The Bertz CT molecular complexity index is 1200. The molecule has 0 saturated carbocycles. The molecule has 4 heteroatoms. The minimum atomic E-state index is -0.332. The highest BCUT2D eigenvalue weighted by atomic mass is 16.5.